The van der Waals surface area contributed by atoms with E-state index in [0.29, 0.717) is 31.8 Å². The Labute approximate surface area is 121 Å². The Hall–Kier alpha value is -0.900. The van der Waals surface area contributed by atoms with Crippen LogP contribution < -0.4 is 0 Å². The summed E-state index contributed by atoms with van der Waals surface area (Å²) in [5.41, 5.74) is 0. The van der Waals surface area contributed by atoms with E-state index in [1.54, 1.807) is 0 Å². The molecule has 2 atom stereocenters. The second-order valence-electron chi connectivity index (χ2n) is 5.92. The van der Waals surface area contributed by atoms with Crippen LogP contribution in [0.1, 0.15) is 58.3 Å². The average molecular weight is 281 g/mol. The van der Waals surface area contributed by atoms with E-state index in [1.807, 2.05) is 11.8 Å². The van der Waals surface area contributed by atoms with E-state index in [-0.39, 0.29) is 17.9 Å². The number of ether oxygens (including phenoxy) is 1. The Morgan fingerprint density at radius 1 is 1.30 bits per heavy atom. The summed E-state index contributed by atoms with van der Waals surface area (Å²) in [6.07, 6.45) is 7.28. The molecule has 4 heteroatoms. The molecule has 2 unspecified atom stereocenters. The number of hydrogen-bond acceptors (Lipinski definition) is 3. The summed E-state index contributed by atoms with van der Waals surface area (Å²) in [7, 11) is 0. The number of nitrogens with zero attached hydrogens (tertiary/aromatic N) is 1. The molecule has 0 aromatic carbocycles. The second-order valence-corrected chi connectivity index (χ2v) is 5.92. The number of Topliss-reactive ketones (excluding diaryl/α,β-unsaturated/α-hetero) is 1. The Bertz CT molecular complexity index is 343. The van der Waals surface area contributed by atoms with E-state index in [9.17, 15) is 9.59 Å². The molecule has 0 aromatic heterocycles. The molecule has 0 radical (unpaired) electrons. The lowest BCUT2D eigenvalue weighted by molar-refractivity contribution is -0.138. The third-order valence-electron chi connectivity index (χ3n) is 4.57. The summed E-state index contributed by atoms with van der Waals surface area (Å²) in [5.74, 6) is 0.712. The zero-order valence-corrected chi connectivity index (χ0v) is 12.6. The highest BCUT2D eigenvalue weighted by Crippen LogP contribution is 2.33. The molecule has 0 bridgehead atoms. The van der Waals surface area contributed by atoms with Gasteiger partial charge in [-0.3, -0.25) is 9.59 Å². The van der Waals surface area contributed by atoms with Gasteiger partial charge in [0, 0.05) is 44.6 Å². The van der Waals surface area contributed by atoms with Crippen molar-refractivity contribution in [2.75, 3.05) is 19.8 Å². The molecule has 1 saturated carbocycles. The van der Waals surface area contributed by atoms with E-state index < -0.39 is 0 Å². The summed E-state index contributed by atoms with van der Waals surface area (Å²) in [4.78, 5) is 26.4. The van der Waals surface area contributed by atoms with Crippen molar-refractivity contribution in [2.45, 2.75) is 64.3 Å². The normalized spacial score (nSPS) is 27.1. The van der Waals surface area contributed by atoms with Gasteiger partial charge in [-0.25, -0.2) is 0 Å². The fraction of sp³-hybridized carbons (Fsp3) is 0.875. The van der Waals surface area contributed by atoms with Crippen LogP contribution in [0.25, 0.3) is 0 Å². The van der Waals surface area contributed by atoms with Crippen molar-refractivity contribution in [1.82, 2.24) is 4.90 Å². The fourth-order valence-corrected chi connectivity index (χ4v) is 3.55. The van der Waals surface area contributed by atoms with Gasteiger partial charge in [-0.15, -0.1) is 0 Å². The fourth-order valence-electron chi connectivity index (χ4n) is 3.55. The van der Waals surface area contributed by atoms with Crippen molar-refractivity contribution in [3.63, 3.8) is 0 Å². The second kappa shape index (κ2) is 7.77. The molecule has 2 fully saturated rings. The molecule has 1 amide bonds. The van der Waals surface area contributed by atoms with E-state index in [2.05, 4.69) is 0 Å². The quantitative estimate of drug-likeness (QED) is 0.703. The van der Waals surface area contributed by atoms with Crippen molar-refractivity contribution in [3.8, 4) is 0 Å². The van der Waals surface area contributed by atoms with Gasteiger partial charge in [0.15, 0.2) is 0 Å². The van der Waals surface area contributed by atoms with Gasteiger partial charge in [-0.1, -0.05) is 0 Å². The zero-order chi connectivity index (χ0) is 14.4. The summed E-state index contributed by atoms with van der Waals surface area (Å²) < 4.78 is 5.29. The standard InChI is InChI=1S/C16H27NO3/c1-2-20-12-6-10-16(19)17-11-4-3-8-14(17)13-7-5-9-15(13)18/h13-14H,2-12H2,1H3. The van der Waals surface area contributed by atoms with Gasteiger partial charge in [0.2, 0.25) is 5.91 Å². The molecule has 20 heavy (non-hydrogen) atoms. The summed E-state index contributed by atoms with van der Waals surface area (Å²) in [6, 6.07) is 0.179. The number of rotatable bonds is 6. The summed E-state index contributed by atoms with van der Waals surface area (Å²) >= 11 is 0. The number of carbonyl (C=O) groups is 2. The Kier molecular flexibility index (Phi) is 6.02. The van der Waals surface area contributed by atoms with E-state index in [1.165, 1.54) is 0 Å². The zero-order valence-electron chi connectivity index (χ0n) is 12.6. The van der Waals surface area contributed by atoms with Gasteiger partial charge in [0.25, 0.3) is 0 Å². The van der Waals surface area contributed by atoms with Crippen LogP contribution in [0.5, 0.6) is 0 Å². The maximum Gasteiger partial charge on any atom is 0.222 e. The Balaban J connectivity index is 1.89. The van der Waals surface area contributed by atoms with Crippen LogP contribution in [0, 0.1) is 5.92 Å². The first-order valence-electron chi connectivity index (χ1n) is 8.14. The smallest absolute Gasteiger partial charge is 0.222 e. The third kappa shape index (κ3) is 3.81. The predicted molar refractivity (Wildman–Crippen MR) is 77.4 cm³/mol. The minimum Gasteiger partial charge on any atom is -0.382 e. The van der Waals surface area contributed by atoms with E-state index in [0.717, 1.165) is 45.1 Å². The molecular formula is C16H27NO3. The molecule has 1 aliphatic heterocycles. The molecule has 4 nitrogen and oxygen atoms in total. The first-order valence-corrected chi connectivity index (χ1v) is 8.14. The number of ketones is 1. The van der Waals surface area contributed by atoms with Gasteiger partial charge in [0.1, 0.15) is 5.78 Å². The minimum absolute atomic E-state index is 0.117. The predicted octanol–water partition coefficient (Wildman–Crippen LogP) is 2.55. The monoisotopic (exact) mass is 281 g/mol. The topological polar surface area (TPSA) is 46.6 Å². The van der Waals surface area contributed by atoms with Crippen LogP contribution in [0.3, 0.4) is 0 Å². The Morgan fingerprint density at radius 2 is 2.15 bits per heavy atom. The molecule has 0 aromatic rings. The minimum atomic E-state index is 0.117. The lowest BCUT2D eigenvalue weighted by Gasteiger charge is -2.39. The van der Waals surface area contributed by atoms with Gasteiger partial charge >= 0.3 is 0 Å². The summed E-state index contributed by atoms with van der Waals surface area (Å²) in [5, 5.41) is 0. The third-order valence-corrected chi connectivity index (χ3v) is 4.57. The number of likely N-dealkylation sites (tertiary alicyclic amines) is 1. The number of piperidine rings is 1. The molecule has 114 valence electrons. The first kappa shape index (κ1) is 15.5. The molecule has 1 saturated heterocycles. The van der Waals surface area contributed by atoms with Crippen LogP contribution >= 0.6 is 0 Å². The van der Waals surface area contributed by atoms with Crippen LogP contribution in [-0.4, -0.2) is 42.4 Å². The largest absolute Gasteiger partial charge is 0.382 e. The van der Waals surface area contributed by atoms with Crippen LogP contribution in [0.4, 0.5) is 0 Å². The van der Waals surface area contributed by atoms with Crippen molar-refractivity contribution in [2.24, 2.45) is 5.92 Å². The molecule has 2 rings (SSSR count). The maximum absolute atomic E-state index is 12.4. The van der Waals surface area contributed by atoms with Crippen LogP contribution in [0.2, 0.25) is 0 Å². The first-order chi connectivity index (χ1) is 9.74. The molecule has 1 heterocycles. The lowest BCUT2D eigenvalue weighted by Crippen LogP contribution is -2.48. The van der Waals surface area contributed by atoms with Gasteiger partial charge in [-0.2, -0.15) is 0 Å². The average Bonchev–Trinajstić information content (AvgIpc) is 2.89. The number of hydrogen-bond donors (Lipinski definition) is 0. The van der Waals surface area contributed by atoms with Gasteiger partial charge in [-0.05, 0) is 45.4 Å². The molecular weight excluding hydrogens is 254 g/mol. The van der Waals surface area contributed by atoms with Crippen molar-refractivity contribution < 1.29 is 14.3 Å². The SMILES string of the molecule is CCOCCCC(=O)N1CCCCC1C1CCCC1=O. The van der Waals surface area contributed by atoms with E-state index >= 15 is 0 Å². The highest BCUT2D eigenvalue weighted by atomic mass is 16.5. The van der Waals surface area contributed by atoms with E-state index in [4.69, 9.17) is 4.74 Å². The summed E-state index contributed by atoms with van der Waals surface area (Å²) in [6.45, 7) is 4.16. The maximum atomic E-state index is 12.4. The highest BCUT2D eigenvalue weighted by molar-refractivity contribution is 5.85. The van der Waals surface area contributed by atoms with Gasteiger partial charge < -0.3 is 9.64 Å². The number of amides is 1. The van der Waals surface area contributed by atoms with Crippen molar-refractivity contribution >= 4 is 11.7 Å². The molecule has 1 aliphatic carbocycles. The molecule has 2 aliphatic rings. The van der Waals surface area contributed by atoms with Crippen molar-refractivity contribution in [1.29, 1.82) is 0 Å². The van der Waals surface area contributed by atoms with Crippen LogP contribution in [0.15, 0.2) is 0 Å². The molecule has 0 spiro atoms. The van der Waals surface area contributed by atoms with Crippen LogP contribution in [-0.2, 0) is 14.3 Å². The number of carbonyl (C=O) groups excluding carboxylic acids is 2. The molecule has 0 N–H and O–H groups in total. The van der Waals surface area contributed by atoms with Gasteiger partial charge in [0.05, 0.1) is 0 Å². The Morgan fingerprint density at radius 3 is 2.85 bits per heavy atom. The van der Waals surface area contributed by atoms with Crippen molar-refractivity contribution in [3.05, 3.63) is 0 Å². The lowest BCUT2D eigenvalue weighted by atomic mass is 9.88. The highest BCUT2D eigenvalue weighted by Gasteiger charge is 2.38.